The zero-order valence-corrected chi connectivity index (χ0v) is 20.0. The number of halogens is 4. The molecular weight excluding hydrogens is 500 g/mol. The summed E-state index contributed by atoms with van der Waals surface area (Å²) in [5, 5.41) is 16.4. The van der Waals surface area contributed by atoms with Crippen LogP contribution in [0.15, 0.2) is 35.1 Å². The molecule has 0 bridgehead atoms. The van der Waals surface area contributed by atoms with Gasteiger partial charge in [-0.2, -0.15) is 8.78 Å². The molecule has 2 amide bonds. The average molecular weight is 526 g/mol. The molecular formula is C24H26F4N4O5. The fourth-order valence-electron chi connectivity index (χ4n) is 3.67. The topological polar surface area (TPSA) is 120 Å². The third-order valence-corrected chi connectivity index (χ3v) is 5.50. The molecule has 0 saturated carbocycles. The molecule has 0 aliphatic carbocycles. The van der Waals surface area contributed by atoms with Crippen LogP contribution in [0.5, 0.6) is 0 Å². The number of ether oxygens (including phenoxy) is 1. The van der Waals surface area contributed by atoms with Crippen LogP contribution in [0, 0.1) is 11.6 Å². The molecule has 1 aliphatic rings. The van der Waals surface area contributed by atoms with E-state index in [4.69, 9.17) is 9.84 Å². The first kappa shape index (κ1) is 27.7. The maximum absolute atomic E-state index is 15.0. The molecule has 37 heavy (non-hydrogen) atoms. The number of aliphatic hydroxyl groups is 1. The van der Waals surface area contributed by atoms with Gasteiger partial charge in [-0.3, -0.25) is 14.5 Å². The van der Waals surface area contributed by atoms with Crippen LogP contribution in [0.25, 0.3) is 0 Å². The van der Waals surface area contributed by atoms with E-state index in [1.54, 1.807) is 13.8 Å². The van der Waals surface area contributed by atoms with Crippen molar-refractivity contribution in [1.29, 1.82) is 0 Å². The molecule has 1 heterocycles. The highest BCUT2D eigenvalue weighted by molar-refractivity contribution is 5.90. The third kappa shape index (κ3) is 6.67. The van der Waals surface area contributed by atoms with Gasteiger partial charge in [0.15, 0.2) is 11.6 Å². The fourth-order valence-corrected chi connectivity index (χ4v) is 3.67. The number of anilines is 4. The Bertz CT molecular complexity index is 1200. The first-order valence-electron chi connectivity index (χ1n) is 11.3. The summed E-state index contributed by atoms with van der Waals surface area (Å²) in [6, 6.07) is 6.06. The predicted octanol–water partition coefficient (Wildman–Crippen LogP) is 3.30. The highest BCUT2D eigenvalue weighted by Gasteiger charge is 2.34. The summed E-state index contributed by atoms with van der Waals surface area (Å²) < 4.78 is 59.7. The number of benzene rings is 1. The molecule has 0 aromatic heterocycles. The molecule has 1 fully saturated rings. The minimum atomic E-state index is -3.23. The molecule has 1 aliphatic heterocycles. The van der Waals surface area contributed by atoms with Crippen LogP contribution in [-0.2, 0) is 9.53 Å². The van der Waals surface area contributed by atoms with E-state index >= 15 is 8.78 Å². The average Bonchev–Trinajstić information content (AvgIpc) is 3.13. The lowest BCUT2D eigenvalue weighted by Gasteiger charge is -2.17. The summed E-state index contributed by atoms with van der Waals surface area (Å²) in [4.78, 5) is 36.7. The molecule has 3 rings (SSSR count). The van der Waals surface area contributed by atoms with Crippen molar-refractivity contribution in [2.24, 2.45) is 0 Å². The van der Waals surface area contributed by atoms with Gasteiger partial charge in [-0.15, -0.1) is 0 Å². The normalized spacial score (nSPS) is 15.2. The maximum Gasteiger partial charge on any atom is 0.414 e. The molecule has 13 heteroatoms. The van der Waals surface area contributed by atoms with Crippen molar-refractivity contribution in [2.75, 3.05) is 41.8 Å². The fraction of sp³-hybridized carbons (Fsp3) is 0.375. The van der Waals surface area contributed by atoms with E-state index in [0.717, 1.165) is 17.0 Å². The Morgan fingerprint density at radius 2 is 1.78 bits per heavy atom. The molecule has 9 nitrogen and oxygen atoms in total. The van der Waals surface area contributed by atoms with Crippen LogP contribution in [0.4, 0.5) is 45.1 Å². The van der Waals surface area contributed by atoms with Gasteiger partial charge in [0.05, 0.1) is 31.1 Å². The highest BCUT2D eigenvalue weighted by atomic mass is 19.3. The molecule has 4 N–H and O–H groups in total. The zero-order chi connectivity index (χ0) is 27.3. The molecule has 1 atom stereocenters. The summed E-state index contributed by atoms with van der Waals surface area (Å²) >= 11 is 0. The van der Waals surface area contributed by atoms with Crippen molar-refractivity contribution in [2.45, 2.75) is 32.3 Å². The molecule has 0 radical (unpaired) electrons. The number of alkyl halides is 2. The SMILES string of the molecule is CC(C)c1cc(=O)c(NCCO)ccc1Nc1c(F)cc(N2C[C@H](CNC(=O)C(F)F)OC2=O)cc1F. The smallest absolute Gasteiger partial charge is 0.414 e. The van der Waals surface area contributed by atoms with Crippen molar-refractivity contribution >= 4 is 34.7 Å². The van der Waals surface area contributed by atoms with Gasteiger partial charge in [0.1, 0.15) is 11.8 Å². The molecule has 2 aromatic rings. The van der Waals surface area contributed by atoms with E-state index < -0.39 is 48.4 Å². The van der Waals surface area contributed by atoms with Crippen LogP contribution in [-0.4, -0.2) is 55.9 Å². The zero-order valence-electron chi connectivity index (χ0n) is 20.0. The molecule has 200 valence electrons. The van der Waals surface area contributed by atoms with Crippen molar-refractivity contribution in [3.63, 3.8) is 0 Å². The Morgan fingerprint density at radius 3 is 2.38 bits per heavy atom. The van der Waals surface area contributed by atoms with E-state index in [-0.39, 0.29) is 48.1 Å². The summed E-state index contributed by atoms with van der Waals surface area (Å²) in [6.45, 7) is 2.93. The van der Waals surface area contributed by atoms with Gasteiger partial charge < -0.3 is 25.8 Å². The second-order valence-corrected chi connectivity index (χ2v) is 8.50. The van der Waals surface area contributed by atoms with Crippen LogP contribution >= 0.6 is 0 Å². The number of cyclic esters (lactones) is 1. The second kappa shape index (κ2) is 11.9. The largest absolute Gasteiger partial charge is 0.442 e. The number of carbonyl (C=O) groups is 2. The van der Waals surface area contributed by atoms with Gasteiger partial charge in [0, 0.05) is 24.4 Å². The van der Waals surface area contributed by atoms with Crippen LogP contribution < -0.4 is 26.3 Å². The Hall–Kier alpha value is -3.87. The Balaban J connectivity index is 1.85. The van der Waals surface area contributed by atoms with E-state index in [0.29, 0.717) is 5.56 Å². The van der Waals surface area contributed by atoms with E-state index in [1.165, 1.54) is 18.2 Å². The summed E-state index contributed by atoms with van der Waals surface area (Å²) in [5.74, 6) is -3.81. The molecule has 0 spiro atoms. The summed E-state index contributed by atoms with van der Waals surface area (Å²) in [6.07, 6.45) is -5.19. The number of nitrogens with zero attached hydrogens (tertiary/aromatic N) is 1. The van der Waals surface area contributed by atoms with Gasteiger partial charge in [0.25, 0.3) is 5.91 Å². The van der Waals surface area contributed by atoms with Gasteiger partial charge in [-0.05, 0) is 29.7 Å². The lowest BCUT2D eigenvalue weighted by molar-refractivity contribution is -0.132. The number of aliphatic hydroxyl groups excluding tert-OH is 1. The predicted molar refractivity (Wildman–Crippen MR) is 129 cm³/mol. The minimum Gasteiger partial charge on any atom is -0.442 e. The van der Waals surface area contributed by atoms with Gasteiger partial charge in [0.2, 0.25) is 5.43 Å². The summed E-state index contributed by atoms with van der Waals surface area (Å²) in [5.41, 5.74) is -0.108. The Kier molecular flexibility index (Phi) is 8.92. The number of hydrogen-bond donors (Lipinski definition) is 4. The third-order valence-electron chi connectivity index (χ3n) is 5.50. The first-order chi connectivity index (χ1) is 17.5. The number of carbonyl (C=O) groups excluding carboxylic acids is 2. The van der Waals surface area contributed by atoms with Crippen LogP contribution in [0.1, 0.15) is 25.3 Å². The monoisotopic (exact) mass is 526 g/mol. The number of rotatable bonds is 10. The van der Waals surface area contributed by atoms with Crippen molar-refractivity contribution in [3.05, 3.63) is 57.8 Å². The lowest BCUT2D eigenvalue weighted by Crippen LogP contribution is -2.37. The highest BCUT2D eigenvalue weighted by Crippen LogP contribution is 2.33. The molecule has 0 unspecified atom stereocenters. The summed E-state index contributed by atoms with van der Waals surface area (Å²) in [7, 11) is 0. The standard InChI is InChI=1S/C24H26F4N4O5/c1-12(2)15-9-20(34)19(29-5-6-33)4-3-18(15)31-21-16(25)7-13(8-17(21)26)32-11-14(37-24(32)36)10-30-23(35)22(27)28/h3-4,7-9,12,14,22,31,33H,5-6,10-11H2,1-2H3,(H,29,34)(H,30,35)/t14-/m0/s1. The molecule has 2 aromatic carbocycles. The Labute approximate surface area is 209 Å². The maximum atomic E-state index is 15.0. The second-order valence-electron chi connectivity index (χ2n) is 8.50. The van der Waals surface area contributed by atoms with Gasteiger partial charge in [-0.25, -0.2) is 13.6 Å². The number of nitrogens with one attached hydrogen (secondary N) is 3. The molecule has 1 saturated heterocycles. The van der Waals surface area contributed by atoms with Gasteiger partial charge >= 0.3 is 12.5 Å². The number of amides is 2. The van der Waals surface area contributed by atoms with E-state index in [2.05, 4.69) is 10.6 Å². The van der Waals surface area contributed by atoms with Crippen LogP contribution in [0.2, 0.25) is 0 Å². The lowest BCUT2D eigenvalue weighted by atomic mass is 10.0. The first-order valence-corrected chi connectivity index (χ1v) is 11.3. The van der Waals surface area contributed by atoms with Crippen molar-refractivity contribution in [1.82, 2.24) is 5.32 Å². The van der Waals surface area contributed by atoms with Crippen molar-refractivity contribution in [3.8, 4) is 0 Å². The van der Waals surface area contributed by atoms with Crippen LogP contribution in [0.3, 0.4) is 0 Å². The minimum absolute atomic E-state index is 0.141. The number of hydrogen-bond acceptors (Lipinski definition) is 7. The van der Waals surface area contributed by atoms with Gasteiger partial charge in [-0.1, -0.05) is 13.8 Å². The van der Waals surface area contributed by atoms with E-state index in [1.807, 2.05) is 5.32 Å². The van der Waals surface area contributed by atoms with Crippen molar-refractivity contribution < 1.29 is 37.0 Å². The van der Waals surface area contributed by atoms with E-state index in [9.17, 15) is 23.2 Å². The quantitative estimate of drug-likeness (QED) is 0.351. The Morgan fingerprint density at radius 1 is 1.14 bits per heavy atom.